The fourth-order valence-corrected chi connectivity index (χ4v) is 6.12. The molecule has 2 fully saturated rings. The molecule has 3 atom stereocenters. The Labute approximate surface area is 239 Å². The van der Waals surface area contributed by atoms with Crippen molar-refractivity contribution in [3.63, 3.8) is 0 Å². The van der Waals surface area contributed by atoms with Gasteiger partial charge in [-0.25, -0.2) is 0 Å². The normalized spacial score (nSPS) is 22.9. The van der Waals surface area contributed by atoms with E-state index in [9.17, 15) is 4.79 Å². The van der Waals surface area contributed by atoms with Crippen molar-refractivity contribution in [2.24, 2.45) is 0 Å². The number of piperazine rings is 1. The molecule has 1 aromatic heterocycles. The molecule has 210 valence electrons. The molecular weight excluding hydrogens is 530 g/mol. The summed E-state index contributed by atoms with van der Waals surface area (Å²) < 4.78 is 19.3. The van der Waals surface area contributed by atoms with Crippen LogP contribution in [0, 0.1) is 0 Å². The molecule has 0 spiro atoms. The van der Waals surface area contributed by atoms with E-state index in [0.717, 1.165) is 35.7 Å². The number of hydrogen-bond acceptors (Lipinski definition) is 8. The van der Waals surface area contributed by atoms with E-state index in [1.54, 1.807) is 4.90 Å². The molecule has 1 amide bonds. The number of ether oxygens (including phenoxy) is 3. The SMILES string of the molecule is C=CC(=O)N1CCN(c2nc(OC[C@@H]3CCCN3C)nc3c2O[C@@H](C)C(c2cccc4cccc(Cl)c24)O3)CC1. The maximum atomic E-state index is 12.2. The number of amides is 1. The van der Waals surface area contributed by atoms with E-state index in [1.807, 2.05) is 43.3 Å². The van der Waals surface area contributed by atoms with Crippen molar-refractivity contribution in [2.45, 2.75) is 38.0 Å². The van der Waals surface area contributed by atoms with Gasteiger partial charge in [0.15, 0.2) is 11.9 Å². The average molecular weight is 564 g/mol. The van der Waals surface area contributed by atoms with Crippen molar-refractivity contribution in [3.05, 3.63) is 59.6 Å². The summed E-state index contributed by atoms with van der Waals surface area (Å²) in [5.41, 5.74) is 0.938. The summed E-state index contributed by atoms with van der Waals surface area (Å²) in [6.45, 7) is 9.44. The minimum Gasteiger partial charge on any atom is -0.478 e. The van der Waals surface area contributed by atoms with Crippen LogP contribution in [0.1, 0.15) is 31.4 Å². The van der Waals surface area contributed by atoms with Gasteiger partial charge in [0.05, 0.1) is 0 Å². The molecule has 9 nitrogen and oxygen atoms in total. The Morgan fingerprint density at radius 2 is 1.90 bits per heavy atom. The van der Waals surface area contributed by atoms with Crippen LogP contribution in [0.3, 0.4) is 0 Å². The van der Waals surface area contributed by atoms with Gasteiger partial charge >= 0.3 is 6.01 Å². The molecular formula is C30H34ClN5O4. The van der Waals surface area contributed by atoms with Gasteiger partial charge < -0.3 is 28.9 Å². The molecule has 1 unspecified atom stereocenters. The number of nitrogens with zero attached hydrogens (tertiary/aromatic N) is 5. The van der Waals surface area contributed by atoms with E-state index in [2.05, 4.69) is 28.4 Å². The van der Waals surface area contributed by atoms with Crippen LogP contribution in [0.15, 0.2) is 49.1 Å². The summed E-state index contributed by atoms with van der Waals surface area (Å²) in [7, 11) is 2.11. The fourth-order valence-electron chi connectivity index (χ4n) is 5.83. The number of halogens is 1. The molecule has 4 heterocycles. The van der Waals surface area contributed by atoms with Gasteiger partial charge in [-0.05, 0) is 50.9 Å². The van der Waals surface area contributed by atoms with Crippen LogP contribution in [0.25, 0.3) is 10.8 Å². The number of carbonyl (C=O) groups excluding carboxylic acids is 1. The monoisotopic (exact) mass is 563 g/mol. The maximum absolute atomic E-state index is 12.2. The summed E-state index contributed by atoms with van der Waals surface area (Å²) in [6, 6.07) is 12.5. The van der Waals surface area contributed by atoms with Gasteiger partial charge in [0.2, 0.25) is 11.7 Å². The zero-order valence-corrected chi connectivity index (χ0v) is 23.6. The van der Waals surface area contributed by atoms with Crippen LogP contribution in [-0.4, -0.2) is 84.2 Å². The Morgan fingerprint density at radius 3 is 2.62 bits per heavy atom. The van der Waals surface area contributed by atoms with Gasteiger partial charge in [-0.3, -0.25) is 4.79 Å². The molecule has 40 heavy (non-hydrogen) atoms. The largest absolute Gasteiger partial charge is 0.478 e. The van der Waals surface area contributed by atoms with E-state index in [4.69, 9.17) is 30.8 Å². The van der Waals surface area contributed by atoms with Gasteiger partial charge in [-0.15, -0.1) is 0 Å². The first-order valence-corrected chi connectivity index (χ1v) is 14.2. The highest BCUT2D eigenvalue weighted by molar-refractivity contribution is 6.35. The van der Waals surface area contributed by atoms with Crippen LogP contribution in [0.4, 0.5) is 5.82 Å². The standard InChI is InChI=1S/C30H34ClN5O4/c1-4-24(37)35-14-16-36(17-15-35)28-27-29(33-30(32-28)38-18-21-10-7-13-34(21)3)40-26(19(2)39-27)22-11-5-8-20-9-6-12-23(31)25(20)22/h4-6,8-9,11-12,19,21,26H,1,7,10,13-18H2,2-3H3/t19-,21-,26?/m0/s1. The Morgan fingerprint density at radius 1 is 1.12 bits per heavy atom. The summed E-state index contributed by atoms with van der Waals surface area (Å²) >= 11 is 6.65. The van der Waals surface area contributed by atoms with E-state index in [0.29, 0.717) is 61.3 Å². The van der Waals surface area contributed by atoms with Crippen LogP contribution < -0.4 is 19.1 Å². The molecule has 0 radical (unpaired) electrons. The maximum Gasteiger partial charge on any atom is 0.322 e. The molecule has 0 saturated carbocycles. The second-order valence-electron chi connectivity index (χ2n) is 10.6. The highest BCUT2D eigenvalue weighted by Crippen LogP contribution is 2.46. The predicted octanol–water partition coefficient (Wildman–Crippen LogP) is 4.49. The van der Waals surface area contributed by atoms with Gasteiger partial charge in [-0.1, -0.05) is 48.5 Å². The van der Waals surface area contributed by atoms with E-state index < -0.39 is 6.10 Å². The number of benzene rings is 2. The van der Waals surface area contributed by atoms with Crippen LogP contribution in [0.2, 0.25) is 5.02 Å². The number of anilines is 1. The first-order valence-electron chi connectivity index (χ1n) is 13.8. The number of carbonyl (C=O) groups is 1. The van der Waals surface area contributed by atoms with E-state index in [1.165, 1.54) is 6.08 Å². The molecule has 3 aliphatic rings. The molecule has 0 bridgehead atoms. The second kappa shape index (κ2) is 11.1. The Balaban J connectivity index is 1.34. The molecule has 3 aliphatic heterocycles. The zero-order valence-electron chi connectivity index (χ0n) is 22.9. The first kappa shape index (κ1) is 26.7. The third kappa shape index (κ3) is 5.04. The number of fused-ring (bicyclic) bond motifs is 2. The van der Waals surface area contributed by atoms with Crippen molar-refractivity contribution in [1.29, 1.82) is 0 Å². The van der Waals surface area contributed by atoms with Crippen molar-refractivity contribution in [2.75, 3.05) is 51.3 Å². The van der Waals surface area contributed by atoms with Crippen LogP contribution >= 0.6 is 11.6 Å². The topological polar surface area (TPSA) is 80.3 Å². The quantitative estimate of drug-likeness (QED) is 0.406. The van der Waals surface area contributed by atoms with Gasteiger partial charge in [0, 0.05) is 48.2 Å². The molecule has 3 aromatic rings. The second-order valence-corrected chi connectivity index (χ2v) is 11.0. The molecule has 0 aliphatic carbocycles. The van der Waals surface area contributed by atoms with Gasteiger partial charge in [-0.2, -0.15) is 9.97 Å². The number of rotatable bonds is 6. The predicted molar refractivity (Wildman–Crippen MR) is 155 cm³/mol. The van der Waals surface area contributed by atoms with Crippen molar-refractivity contribution < 1.29 is 19.0 Å². The number of aromatic nitrogens is 2. The van der Waals surface area contributed by atoms with Crippen LogP contribution in [0.5, 0.6) is 17.6 Å². The number of likely N-dealkylation sites (N-methyl/N-ethyl adjacent to an activating group) is 1. The van der Waals surface area contributed by atoms with Crippen LogP contribution in [-0.2, 0) is 4.79 Å². The van der Waals surface area contributed by atoms with E-state index >= 15 is 0 Å². The molecule has 10 heteroatoms. The third-order valence-electron chi connectivity index (χ3n) is 8.10. The summed E-state index contributed by atoms with van der Waals surface area (Å²) in [4.78, 5) is 27.8. The molecule has 0 N–H and O–H groups in total. The Hall–Kier alpha value is -3.56. The minimum absolute atomic E-state index is 0.0705. The van der Waals surface area contributed by atoms with Gasteiger partial charge in [0.1, 0.15) is 12.7 Å². The lowest BCUT2D eigenvalue weighted by atomic mass is 9.97. The first-order chi connectivity index (χ1) is 19.4. The van der Waals surface area contributed by atoms with Crippen molar-refractivity contribution in [3.8, 4) is 17.6 Å². The minimum atomic E-state index is -0.435. The lowest BCUT2D eigenvalue weighted by Crippen LogP contribution is -2.49. The van der Waals surface area contributed by atoms with Crippen molar-refractivity contribution in [1.82, 2.24) is 19.8 Å². The highest BCUT2D eigenvalue weighted by Gasteiger charge is 2.37. The van der Waals surface area contributed by atoms with E-state index in [-0.39, 0.29) is 18.0 Å². The zero-order chi connectivity index (χ0) is 27.8. The molecule has 2 aromatic carbocycles. The fraction of sp³-hybridized carbons (Fsp3) is 0.433. The summed E-state index contributed by atoms with van der Waals surface area (Å²) in [6.07, 6.45) is 2.81. The summed E-state index contributed by atoms with van der Waals surface area (Å²) in [5, 5.41) is 2.63. The lowest BCUT2D eigenvalue weighted by Gasteiger charge is -2.38. The lowest BCUT2D eigenvalue weighted by molar-refractivity contribution is -0.126. The smallest absolute Gasteiger partial charge is 0.322 e. The number of hydrogen-bond donors (Lipinski definition) is 0. The Kier molecular flexibility index (Phi) is 7.42. The highest BCUT2D eigenvalue weighted by atomic mass is 35.5. The Bertz CT molecular complexity index is 1420. The van der Waals surface area contributed by atoms with Gasteiger partial charge in [0.25, 0.3) is 5.88 Å². The molecule has 6 rings (SSSR count). The summed E-state index contributed by atoms with van der Waals surface area (Å²) in [5.74, 6) is 1.38. The van der Waals surface area contributed by atoms with Crippen molar-refractivity contribution >= 4 is 34.1 Å². The third-order valence-corrected chi connectivity index (χ3v) is 8.41. The molecule has 2 saturated heterocycles. The number of likely N-dealkylation sites (tertiary alicyclic amines) is 1. The average Bonchev–Trinajstić information content (AvgIpc) is 3.39.